The lowest BCUT2D eigenvalue weighted by Gasteiger charge is -2.16. The van der Waals surface area contributed by atoms with Crippen LogP contribution in [0.4, 0.5) is 0 Å². The van der Waals surface area contributed by atoms with E-state index in [0.29, 0.717) is 5.92 Å². The fraction of sp³-hybridized carbons (Fsp3) is 0.400. The van der Waals surface area contributed by atoms with E-state index in [2.05, 4.69) is 70.3 Å². The van der Waals surface area contributed by atoms with Gasteiger partial charge in [-0.25, -0.2) is 0 Å². The molecule has 116 valence electrons. The SMILES string of the molecule is CSCC(C)p1c2ccccc2c2ccc(C(C)C)c(C)c21. The Morgan fingerprint density at radius 1 is 1.00 bits per heavy atom. The second-order valence-electron chi connectivity index (χ2n) is 6.52. The third-order valence-corrected chi connectivity index (χ3v) is 8.75. The van der Waals surface area contributed by atoms with Crippen molar-refractivity contribution in [3.05, 3.63) is 47.5 Å². The fourth-order valence-electron chi connectivity index (χ4n) is 3.67. The standard InChI is InChI=1S/C20H25PS/c1-13(2)16-10-11-18-17-8-6-7-9-19(17)21(14(3)12-22-5)20(18)15(16)4/h6-11,13-14H,12H2,1-5H3. The van der Waals surface area contributed by atoms with Gasteiger partial charge in [0, 0.05) is 21.6 Å². The first-order valence-corrected chi connectivity index (χ1v) is 10.9. The largest absolute Gasteiger partial charge is 0.164 e. The maximum atomic E-state index is 2.44. The molecule has 0 fully saturated rings. The van der Waals surface area contributed by atoms with Crippen LogP contribution in [-0.4, -0.2) is 12.0 Å². The van der Waals surface area contributed by atoms with Crippen molar-refractivity contribution in [3.8, 4) is 0 Å². The highest BCUT2D eigenvalue weighted by atomic mass is 32.2. The number of benzene rings is 2. The van der Waals surface area contributed by atoms with Crippen LogP contribution in [0.25, 0.3) is 21.0 Å². The van der Waals surface area contributed by atoms with E-state index < -0.39 is 0 Å². The first-order valence-electron chi connectivity index (χ1n) is 8.07. The third-order valence-electron chi connectivity index (χ3n) is 4.64. The van der Waals surface area contributed by atoms with Crippen molar-refractivity contribution in [2.75, 3.05) is 12.0 Å². The maximum absolute atomic E-state index is 2.44. The Labute approximate surface area is 139 Å². The van der Waals surface area contributed by atoms with Gasteiger partial charge in [-0.1, -0.05) is 57.2 Å². The first-order chi connectivity index (χ1) is 10.6. The number of fused-ring (bicyclic) bond motifs is 3. The summed E-state index contributed by atoms with van der Waals surface area (Å²) in [6, 6.07) is 13.8. The molecule has 0 aliphatic carbocycles. The summed E-state index contributed by atoms with van der Waals surface area (Å²) in [5.41, 5.74) is 3.80. The van der Waals surface area contributed by atoms with Gasteiger partial charge >= 0.3 is 0 Å². The van der Waals surface area contributed by atoms with E-state index >= 15 is 0 Å². The molecule has 22 heavy (non-hydrogen) atoms. The van der Waals surface area contributed by atoms with Gasteiger partial charge in [-0.2, -0.15) is 11.8 Å². The number of hydrogen-bond acceptors (Lipinski definition) is 1. The molecule has 0 spiro atoms. The number of rotatable bonds is 4. The van der Waals surface area contributed by atoms with Crippen molar-refractivity contribution in [2.24, 2.45) is 0 Å². The summed E-state index contributed by atoms with van der Waals surface area (Å²) in [6.07, 6.45) is 2.23. The van der Waals surface area contributed by atoms with E-state index in [1.165, 1.54) is 22.1 Å². The van der Waals surface area contributed by atoms with Crippen molar-refractivity contribution in [3.63, 3.8) is 0 Å². The van der Waals surface area contributed by atoms with E-state index in [9.17, 15) is 0 Å². The van der Waals surface area contributed by atoms with Crippen molar-refractivity contribution >= 4 is 40.3 Å². The van der Waals surface area contributed by atoms with Crippen LogP contribution in [0.15, 0.2) is 36.4 Å². The average molecular weight is 328 g/mol. The zero-order chi connectivity index (χ0) is 15.9. The molecule has 1 aromatic heterocycles. The Morgan fingerprint density at radius 2 is 1.73 bits per heavy atom. The van der Waals surface area contributed by atoms with Gasteiger partial charge in [0.15, 0.2) is 0 Å². The molecule has 0 saturated heterocycles. The van der Waals surface area contributed by atoms with Crippen molar-refractivity contribution in [2.45, 2.75) is 39.3 Å². The van der Waals surface area contributed by atoms with Gasteiger partial charge < -0.3 is 0 Å². The van der Waals surface area contributed by atoms with Gasteiger partial charge in [0.25, 0.3) is 0 Å². The van der Waals surface area contributed by atoms with Crippen LogP contribution in [0, 0.1) is 6.92 Å². The minimum absolute atomic E-state index is 0.227. The predicted octanol–water partition coefficient (Wildman–Crippen LogP) is 7.34. The summed E-state index contributed by atoms with van der Waals surface area (Å²) in [5.74, 6) is 1.84. The lowest BCUT2D eigenvalue weighted by molar-refractivity contribution is 0.860. The van der Waals surface area contributed by atoms with Crippen molar-refractivity contribution in [1.29, 1.82) is 0 Å². The van der Waals surface area contributed by atoms with Crippen LogP contribution in [0.5, 0.6) is 0 Å². The molecule has 3 rings (SSSR count). The molecule has 2 aromatic carbocycles. The quantitative estimate of drug-likeness (QED) is 0.483. The molecule has 0 radical (unpaired) electrons. The Bertz CT molecular complexity index is 813. The zero-order valence-electron chi connectivity index (χ0n) is 14.2. The van der Waals surface area contributed by atoms with Crippen LogP contribution in [0.3, 0.4) is 0 Å². The van der Waals surface area contributed by atoms with E-state index in [0.717, 1.165) is 5.66 Å². The van der Waals surface area contributed by atoms with Crippen LogP contribution in [0.1, 0.15) is 43.5 Å². The molecule has 0 aliphatic heterocycles. The lowest BCUT2D eigenvalue weighted by atomic mass is 9.96. The molecule has 2 atom stereocenters. The zero-order valence-corrected chi connectivity index (χ0v) is 15.9. The second-order valence-corrected chi connectivity index (χ2v) is 9.98. The molecule has 0 amide bonds. The van der Waals surface area contributed by atoms with Gasteiger partial charge in [0.1, 0.15) is 0 Å². The van der Waals surface area contributed by atoms with Crippen LogP contribution >= 0.6 is 19.3 Å². The molecule has 0 nitrogen and oxygen atoms in total. The monoisotopic (exact) mass is 328 g/mol. The van der Waals surface area contributed by atoms with E-state index in [1.807, 2.05) is 11.8 Å². The van der Waals surface area contributed by atoms with Crippen LogP contribution in [0.2, 0.25) is 0 Å². The predicted molar refractivity (Wildman–Crippen MR) is 106 cm³/mol. The molecule has 0 saturated carbocycles. The van der Waals surface area contributed by atoms with E-state index in [4.69, 9.17) is 0 Å². The second kappa shape index (κ2) is 6.30. The van der Waals surface area contributed by atoms with E-state index in [1.54, 1.807) is 15.8 Å². The lowest BCUT2D eigenvalue weighted by Crippen LogP contribution is -1.92. The summed E-state index contributed by atoms with van der Waals surface area (Å²) in [5, 5.41) is 6.23. The molecule has 0 bridgehead atoms. The van der Waals surface area contributed by atoms with Crippen LogP contribution < -0.4 is 0 Å². The minimum Gasteiger partial charge on any atom is -0.164 e. The molecule has 0 aliphatic rings. The highest BCUT2D eigenvalue weighted by molar-refractivity contribution is 7.98. The highest BCUT2D eigenvalue weighted by Crippen LogP contribution is 2.57. The number of aryl methyl sites for hydroxylation is 1. The average Bonchev–Trinajstić information content (AvgIpc) is 2.83. The van der Waals surface area contributed by atoms with Gasteiger partial charge in [-0.3, -0.25) is 0 Å². The number of hydrogen-bond donors (Lipinski definition) is 0. The molecular weight excluding hydrogens is 303 g/mol. The fourth-order valence-corrected chi connectivity index (χ4v) is 8.00. The smallest absolute Gasteiger partial charge is 0.00587 e. The van der Waals surface area contributed by atoms with Crippen LogP contribution in [-0.2, 0) is 0 Å². The summed E-state index contributed by atoms with van der Waals surface area (Å²) < 4.78 is 0. The summed E-state index contributed by atoms with van der Waals surface area (Å²) in [7, 11) is -0.227. The molecule has 1 heterocycles. The van der Waals surface area contributed by atoms with Gasteiger partial charge in [0.05, 0.1) is 0 Å². The Hall–Kier alpha value is -0.910. The Kier molecular flexibility index (Phi) is 4.57. The maximum Gasteiger partial charge on any atom is 0.00587 e. The van der Waals surface area contributed by atoms with Crippen molar-refractivity contribution < 1.29 is 0 Å². The summed E-state index contributed by atoms with van der Waals surface area (Å²) in [4.78, 5) is 0. The molecule has 3 aromatic rings. The normalized spacial score (nSPS) is 14.2. The highest BCUT2D eigenvalue weighted by Gasteiger charge is 2.19. The molecule has 2 heteroatoms. The van der Waals surface area contributed by atoms with Gasteiger partial charge in [-0.15, -0.1) is 7.53 Å². The summed E-state index contributed by atoms with van der Waals surface area (Å²) >= 11 is 1.98. The summed E-state index contributed by atoms with van der Waals surface area (Å²) in [6.45, 7) is 9.41. The van der Waals surface area contributed by atoms with Gasteiger partial charge in [-0.05, 0) is 41.0 Å². The molecule has 0 N–H and O–H groups in total. The van der Waals surface area contributed by atoms with Gasteiger partial charge in [0.2, 0.25) is 0 Å². The topological polar surface area (TPSA) is 0 Å². The minimum atomic E-state index is -0.227. The van der Waals surface area contributed by atoms with E-state index in [-0.39, 0.29) is 7.53 Å². The molecular formula is C20H25PS. The Morgan fingerprint density at radius 3 is 2.41 bits per heavy atom. The number of thioether (sulfide) groups is 1. The van der Waals surface area contributed by atoms with Crippen molar-refractivity contribution in [1.82, 2.24) is 0 Å². The third kappa shape index (κ3) is 2.49. The molecule has 2 unspecified atom stereocenters. The first kappa shape index (κ1) is 16.0. The Balaban J connectivity index is 2.43.